The summed E-state index contributed by atoms with van der Waals surface area (Å²) in [6.07, 6.45) is 2.87. The molecule has 1 amide bonds. The number of carbonyl (C=O) groups excluding carboxylic acids is 2. The Morgan fingerprint density at radius 2 is 1.64 bits per heavy atom. The highest BCUT2D eigenvalue weighted by Gasteiger charge is 2.38. The predicted octanol–water partition coefficient (Wildman–Crippen LogP) is 3.67. The number of rotatable bonds is 1. The molecule has 1 aliphatic heterocycles. The Labute approximate surface area is 133 Å². The summed E-state index contributed by atoms with van der Waals surface area (Å²) in [6, 6.07) is -0.585. The second-order valence-corrected chi connectivity index (χ2v) is 7.64. The smallest absolute Gasteiger partial charge is 0.411 e. The SMILES string of the molecule is CC=C1CC[C@@H](C(=O)OC(C)(C)C)N(C(=O)OC(C)(C)C)C1. The van der Waals surface area contributed by atoms with Crippen molar-refractivity contribution in [3.63, 3.8) is 0 Å². The fourth-order valence-corrected chi connectivity index (χ4v) is 2.25. The highest BCUT2D eigenvalue weighted by Crippen LogP contribution is 2.26. The van der Waals surface area contributed by atoms with Crippen molar-refractivity contribution in [1.82, 2.24) is 4.90 Å². The Bertz CT molecular complexity index is 454. The second-order valence-electron chi connectivity index (χ2n) is 7.64. The highest BCUT2D eigenvalue weighted by molar-refractivity contribution is 5.82. The third kappa shape index (κ3) is 5.70. The first-order chi connectivity index (χ1) is 9.93. The minimum absolute atomic E-state index is 0.367. The van der Waals surface area contributed by atoms with Crippen LogP contribution in [0, 0.1) is 0 Å². The lowest BCUT2D eigenvalue weighted by Gasteiger charge is -2.37. The summed E-state index contributed by atoms with van der Waals surface area (Å²) in [4.78, 5) is 26.3. The molecule has 1 saturated heterocycles. The number of carbonyl (C=O) groups is 2. The summed E-state index contributed by atoms with van der Waals surface area (Å²) < 4.78 is 10.9. The van der Waals surface area contributed by atoms with Crippen LogP contribution < -0.4 is 0 Å². The molecule has 0 saturated carbocycles. The van der Waals surface area contributed by atoms with Gasteiger partial charge in [0.25, 0.3) is 0 Å². The molecule has 0 aliphatic carbocycles. The van der Waals surface area contributed by atoms with E-state index in [9.17, 15) is 9.59 Å². The standard InChI is InChI=1S/C17H29NO4/c1-8-12-9-10-13(14(19)21-16(2,3)4)18(11-12)15(20)22-17(5,6)7/h8,13H,9-11H2,1-7H3/t13-/m0/s1. The molecule has 0 aromatic carbocycles. The van der Waals surface area contributed by atoms with E-state index in [-0.39, 0.29) is 5.97 Å². The fourth-order valence-electron chi connectivity index (χ4n) is 2.25. The van der Waals surface area contributed by atoms with Gasteiger partial charge >= 0.3 is 12.1 Å². The molecule has 0 radical (unpaired) electrons. The molecule has 0 N–H and O–H groups in total. The largest absolute Gasteiger partial charge is 0.458 e. The molecule has 5 nitrogen and oxygen atoms in total. The van der Waals surface area contributed by atoms with Crippen LogP contribution in [-0.4, -0.2) is 40.8 Å². The summed E-state index contributed by atoms with van der Waals surface area (Å²) in [5, 5.41) is 0. The van der Waals surface area contributed by atoms with E-state index in [1.807, 2.05) is 54.5 Å². The summed E-state index contributed by atoms with van der Waals surface area (Å²) in [5.41, 5.74) is -0.0358. The first-order valence-electron chi connectivity index (χ1n) is 7.79. The number of hydrogen-bond acceptors (Lipinski definition) is 4. The van der Waals surface area contributed by atoms with Crippen LogP contribution in [0.5, 0.6) is 0 Å². The molecule has 22 heavy (non-hydrogen) atoms. The Morgan fingerprint density at radius 1 is 1.09 bits per heavy atom. The Balaban J connectivity index is 2.93. The summed E-state index contributed by atoms with van der Waals surface area (Å²) >= 11 is 0. The number of allylic oxidation sites excluding steroid dienone is 1. The average Bonchev–Trinajstić information content (AvgIpc) is 2.33. The quantitative estimate of drug-likeness (QED) is 0.547. The molecular formula is C17H29NO4. The molecule has 1 atom stereocenters. The molecule has 1 rings (SSSR count). The van der Waals surface area contributed by atoms with E-state index in [0.29, 0.717) is 13.0 Å². The van der Waals surface area contributed by atoms with Crippen molar-refractivity contribution in [1.29, 1.82) is 0 Å². The molecule has 0 aromatic rings. The molecule has 126 valence electrons. The molecule has 0 spiro atoms. The van der Waals surface area contributed by atoms with Gasteiger partial charge in [0.15, 0.2) is 0 Å². The average molecular weight is 311 g/mol. The van der Waals surface area contributed by atoms with Crippen molar-refractivity contribution in [3.05, 3.63) is 11.6 Å². The van der Waals surface area contributed by atoms with Crippen LogP contribution >= 0.6 is 0 Å². The zero-order valence-corrected chi connectivity index (χ0v) is 14.9. The molecule has 0 unspecified atom stereocenters. The lowest BCUT2D eigenvalue weighted by molar-refractivity contribution is -0.161. The van der Waals surface area contributed by atoms with Crippen molar-refractivity contribution in [2.75, 3.05) is 6.54 Å². The fraction of sp³-hybridized carbons (Fsp3) is 0.765. The summed E-state index contributed by atoms with van der Waals surface area (Å²) in [7, 11) is 0. The van der Waals surface area contributed by atoms with Crippen molar-refractivity contribution >= 4 is 12.1 Å². The highest BCUT2D eigenvalue weighted by atomic mass is 16.6. The third-order valence-corrected chi connectivity index (χ3v) is 3.20. The minimum atomic E-state index is -0.594. The van der Waals surface area contributed by atoms with Crippen LogP contribution in [0.25, 0.3) is 0 Å². The number of esters is 1. The van der Waals surface area contributed by atoms with Crippen molar-refractivity contribution in [3.8, 4) is 0 Å². The van der Waals surface area contributed by atoms with Gasteiger partial charge in [-0.3, -0.25) is 4.90 Å². The first kappa shape index (κ1) is 18.5. The molecule has 1 fully saturated rings. The molecule has 5 heteroatoms. The molecule has 1 aliphatic rings. The van der Waals surface area contributed by atoms with Crippen molar-refractivity contribution in [2.24, 2.45) is 0 Å². The molecule has 0 bridgehead atoms. The van der Waals surface area contributed by atoms with E-state index < -0.39 is 23.3 Å². The Hall–Kier alpha value is -1.52. The normalized spacial score (nSPS) is 21.7. The number of hydrogen-bond donors (Lipinski definition) is 0. The van der Waals surface area contributed by atoms with Crippen LogP contribution in [0.15, 0.2) is 11.6 Å². The van der Waals surface area contributed by atoms with Crippen LogP contribution in [0.3, 0.4) is 0 Å². The van der Waals surface area contributed by atoms with Gasteiger partial charge < -0.3 is 9.47 Å². The predicted molar refractivity (Wildman–Crippen MR) is 85.6 cm³/mol. The van der Waals surface area contributed by atoms with E-state index in [1.54, 1.807) is 0 Å². The van der Waals surface area contributed by atoms with Crippen LogP contribution in [0.1, 0.15) is 61.3 Å². The second kappa shape index (κ2) is 6.71. The maximum Gasteiger partial charge on any atom is 0.411 e. The van der Waals surface area contributed by atoms with Gasteiger partial charge in [0.1, 0.15) is 17.2 Å². The zero-order valence-electron chi connectivity index (χ0n) is 14.9. The van der Waals surface area contributed by atoms with E-state index in [0.717, 1.165) is 12.0 Å². The lowest BCUT2D eigenvalue weighted by Crippen LogP contribution is -2.51. The van der Waals surface area contributed by atoms with Gasteiger partial charge in [-0.05, 0) is 61.3 Å². The summed E-state index contributed by atoms with van der Waals surface area (Å²) in [6.45, 7) is 13.3. The lowest BCUT2D eigenvalue weighted by atomic mass is 9.97. The number of likely N-dealkylation sites (tertiary alicyclic amines) is 1. The van der Waals surface area contributed by atoms with Crippen LogP contribution in [0.4, 0.5) is 4.79 Å². The Kier molecular flexibility index (Phi) is 5.65. The van der Waals surface area contributed by atoms with E-state index >= 15 is 0 Å². The van der Waals surface area contributed by atoms with Gasteiger partial charge in [-0.15, -0.1) is 0 Å². The maximum absolute atomic E-state index is 12.4. The third-order valence-electron chi connectivity index (χ3n) is 3.20. The molecule has 0 aromatic heterocycles. The summed E-state index contributed by atoms with van der Waals surface area (Å²) in [5.74, 6) is -0.367. The van der Waals surface area contributed by atoms with Gasteiger partial charge in [-0.1, -0.05) is 11.6 Å². The van der Waals surface area contributed by atoms with E-state index in [4.69, 9.17) is 9.47 Å². The topological polar surface area (TPSA) is 55.8 Å². The van der Waals surface area contributed by atoms with Gasteiger partial charge in [0, 0.05) is 6.54 Å². The van der Waals surface area contributed by atoms with Crippen LogP contribution in [-0.2, 0) is 14.3 Å². The van der Waals surface area contributed by atoms with Crippen molar-refractivity contribution < 1.29 is 19.1 Å². The molecule has 1 heterocycles. The monoisotopic (exact) mass is 311 g/mol. The number of piperidine rings is 1. The number of amides is 1. The molecular weight excluding hydrogens is 282 g/mol. The van der Waals surface area contributed by atoms with Gasteiger partial charge in [0.2, 0.25) is 0 Å². The zero-order chi connectivity index (χ0) is 17.1. The van der Waals surface area contributed by atoms with Crippen LogP contribution in [0.2, 0.25) is 0 Å². The van der Waals surface area contributed by atoms with Crippen molar-refractivity contribution in [2.45, 2.75) is 78.6 Å². The van der Waals surface area contributed by atoms with Gasteiger partial charge in [-0.25, -0.2) is 9.59 Å². The number of nitrogens with zero attached hydrogens (tertiary/aromatic N) is 1. The Morgan fingerprint density at radius 3 is 2.09 bits per heavy atom. The van der Waals surface area contributed by atoms with Gasteiger partial charge in [-0.2, -0.15) is 0 Å². The van der Waals surface area contributed by atoms with Gasteiger partial charge in [0.05, 0.1) is 0 Å². The maximum atomic E-state index is 12.4. The van der Waals surface area contributed by atoms with E-state index in [1.165, 1.54) is 4.90 Å². The van der Waals surface area contributed by atoms with E-state index in [2.05, 4.69) is 0 Å². The minimum Gasteiger partial charge on any atom is -0.458 e. The number of ether oxygens (including phenoxy) is 2. The first-order valence-corrected chi connectivity index (χ1v) is 7.79.